The van der Waals surface area contributed by atoms with Gasteiger partial charge < -0.3 is 5.32 Å². The van der Waals surface area contributed by atoms with Crippen LogP contribution in [-0.2, 0) is 18.4 Å². The highest BCUT2D eigenvalue weighted by molar-refractivity contribution is 9.10. The van der Waals surface area contributed by atoms with Crippen molar-refractivity contribution in [1.29, 1.82) is 0 Å². The van der Waals surface area contributed by atoms with E-state index in [4.69, 9.17) is 0 Å². The van der Waals surface area contributed by atoms with E-state index in [2.05, 4.69) is 21.2 Å². The molecule has 22 heavy (non-hydrogen) atoms. The molecule has 0 bridgehead atoms. The van der Waals surface area contributed by atoms with Crippen LogP contribution >= 0.6 is 15.9 Å². The fourth-order valence-corrected chi connectivity index (χ4v) is 2.83. The number of rotatable bonds is 3. The van der Waals surface area contributed by atoms with Crippen molar-refractivity contribution in [3.05, 3.63) is 63.5 Å². The Bertz CT molecular complexity index is 911. The maximum atomic E-state index is 12.3. The van der Waals surface area contributed by atoms with Crippen LogP contribution in [0.3, 0.4) is 0 Å². The second kappa shape index (κ2) is 5.81. The molecule has 1 amide bonds. The first kappa shape index (κ1) is 14.6. The Morgan fingerprint density at radius 1 is 1.14 bits per heavy atom. The quantitative estimate of drug-likeness (QED) is 0.781. The number of imidazole rings is 1. The largest absolute Gasteiger partial charge is 0.329 e. The van der Waals surface area contributed by atoms with Crippen molar-refractivity contribution in [3.8, 4) is 0 Å². The minimum Gasteiger partial charge on any atom is -0.324 e. The molecule has 0 saturated carbocycles. The normalized spacial score (nSPS) is 10.8. The summed E-state index contributed by atoms with van der Waals surface area (Å²) in [6.07, 6.45) is 0. The van der Waals surface area contributed by atoms with Gasteiger partial charge in [-0.3, -0.25) is 13.9 Å². The lowest BCUT2D eigenvalue weighted by atomic mass is 10.3. The molecular weight excluding hydrogens is 346 g/mol. The SMILES string of the molecule is Cn1c(=O)n(CC(=O)Nc2cccc(Br)c2)c2ccccc21. The molecule has 0 spiro atoms. The number of anilines is 1. The molecule has 0 unspecified atom stereocenters. The Balaban J connectivity index is 1.89. The van der Waals surface area contributed by atoms with Gasteiger partial charge in [-0.15, -0.1) is 0 Å². The number of nitrogens with zero attached hydrogens (tertiary/aromatic N) is 2. The third-order valence-corrected chi connectivity index (χ3v) is 3.96. The molecule has 112 valence electrons. The van der Waals surface area contributed by atoms with E-state index >= 15 is 0 Å². The van der Waals surface area contributed by atoms with Gasteiger partial charge in [-0.05, 0) is 30.3 Å². The van der Waals surface area contributed by atoms with Gasteiger partial charge in [0.05, 0.1) is 11.0 Å². The molecule has 3 aromatic rings. The van der Waals surface area contributed by atoms with E-state index in [0.29, 0.717) is 5.69 Å². The first-order chi connectivity index (χ1) is 10.6. The smallest absolute Gasteiger partial charge is 0.324 e. The Labute approximate surface area is 135 Å². The summed E-state index contributed by atoms with van der Waals surface area (Å²) in [5, 5.41) is 2.79. The molecule has 0 radical (unpaired) electrons. The first-order valence-electron chi connectivity index (χ1n) is 6.76. The number of carbonyl (C=O) groups is 1. The van der Waals surface area contributed by atoms with Gasteiger partial charge in [0, 0.05) is 17.2 Å². The van der Waals surface area contributed by atoms with Gasteiger partial charge in [0.25, 0.3) is 0 Å². The second-order valence-electron chi connectivity index (χ2n) is 4.97. The van der Waals surface area contributed by atoms with Crippen LogP contribution < -0.4 is 11.0 Å². The van der Waals surface area contributed by atoms with Crippen LogP contribution in [-0.4, -0.2) is 15.0 Å². The fraction of sp³-hybridized carbons (Fsp3) is 0.125. The minimum atomic E-state index is -0.239. The number of halogens is 1. The Morgan fingerprint density at radius 2 is 1.86 bits per heavy atom. The maximum absolute atomic E-state index is 12.3. The lowest BCUT2D eigenvalue weighted by molar-refractivity contribution is -0.116. The summed E-state index contributed by atoms with van der Waals surface area (Å²) in [6, 6.07) is 14.7. The number of amides is 1. The van der Waals surface area contributed by atoms with Crippen molar-refractivity contribution in [3.63, 3.8) is 0 Å². The predicted octanol–water partition coefficient (Wildman–Crippen LogP) is 2.74. The van der Waals surface area contributed by atoms with Crippen LogP contribution in [0.5, 0.6) is 0 Å². The number of hydrogen-bond donors (Lipinski definition) is 1. The molecule has 0 aliphatic heterocycles. The van der Waals surface area contributed by atoms with Crippen molar-refractivity contribution >= 4 is 38.6 Å². The molecule has 0 fully saturated rings. The highest BCUT2D eigenvalue weighted by Gasteiger charge is 2.13. The van der Waals surface area contributed by atoms with Crippen LogP contribution in [0.1, 0.15) is 0 Å². The van der Waals surface area contributed by atoms with Gasteiger partial charge in [-0.1, -0.05) is 34.1 Å². The molecule has 3 rings (SSSR count). The molecule has 0 aliphatic rings. The predicted molar refractivity (Wildman–Crippen MR) is 90.0 cm³/mol. The summed E-state index contributed by atoms with van der Waals surface area (Å²) in [4.78, 5) is 24.5. The van der Waals surface area contributed by atoms with E-state index in [9.17, 15) is 9.59 Å². The van der Waals surface area contributed by atoms with Crippen LogP contribution in [0.25, 0.3) is 11.0 Å². The average molecular weight is 360 g/mol. The zero-order valence-corrected chi connectivity index (χ0v) is 13.5. The van der Waals surface area contributed by atoms with Crippen molar-refractivity contribution in [2.45, 2.75) is 6.54 Å². The molecule has 0 aliphatic carbocycles. The molecule has 1 aromatic heterocycles. The third-order valence-electron chi connectivity index (χ3n) is 3.46. The number of hydrogen-bond acceptors (Lipinski definition) is 2. The standard InChI is InChI=1S/C16H14BrN3O2/c1-19-13-7-2-3-8-14(13)20(16(19)22)10-15(21)18-12-6-4-5-11(17)9-12/h2-9H,10H2,1H3,(H,18,21). The Morgan fingerprint density at radius 3 is 2.59 bits per heavy atom. The van der Waals surface area contributed by atoms with Gasteiger partial charge >= 0.3 is 5.69 Å². The highest BCUT2D eigenvalue weighted by atomic mass is 79.9. The van der Waals surface area contributed by atoms with Gasteiger partial charge in [0.1, 0.15) is 6.54 Å². The monoisotopic (exact) mass is 359 g/mol. The van der Waals surface area contributed by atoms with Crippen LogP contribution in [0.2, 0.25) is 0 Å². The van der Waals surface area contributed by atoms with E-state index in [1.807, 2.05) is 42.5 Å². The van der Waals surface area contributed by atoms with Crippen LogP contribution in [0, 0.1) is 0 Å². The molecule has 0 saturated heterocycles. The summed E-state index contributed by atoms with van der Waals surface area (Å²) in [5.74, 6) is -0.239. The number of aryl methyl sites for hydroxylation is 1. The first-order valence-corrected chi connectivity index (χ1v) is 7.55. The summed E-state index contributed by atoms with van der Waals surface area (Å²) >= 11 is 3.36. The lowest BCUT2D eigenvalue weighted by Gasteiger charge is -2.06. The number of nitrogens with one attached hydrogen (secondary N) is 1. The van der Waals surface area contributed by atoms with Gasteiger partial charge in [0.2, 0.25) is 5.91 Å². The van der Waals surface area contributed by atoms with E-state index in [-0.39, 0.29) is 18.1 Å². The summed E-state index contributed by atoms with van der Waals surface area (Å²) in [7, 11) is 1.70. The van der Waals surface area contributed by atoms with E-state index in [1.54, 1.807) is 17.7 Å². The zero-order chi connectivity index (χ0) is 15.7. The van der Waals surface area contributed by atoms with Gasteiger partial charge in [-0.2, -0.15) is 0 Å². The van der Waals surface area contributed by atoms with Crippen molar-refractivity contribution in [2.75, 3.05) is 5.32 Å². The molecule has 1 heterocycles. The lowest BCUT2D eigenvalue weighted by Crippen LogP contribution is -2.28. The highest BCUT2D eigenvalue weighted by Crippen LogP contribution is 2.16. The molecule has 2 aromatic carbocycles. The number of benzene rings is 2. The van der Waals surface area contributed by atoms with Crippen LogP contribution in [0.15, 0.2) is 57.8 Å². The summed E-state index contributed by atoms with van der Waals surface area (Å²) in [6.45, 7) is -0.0211. The third kappa shape index (κ3) is 2.69. The second-order valence-corrected chi connectivity index (χ2v) is 5.89. The van der Waals surface area contributed by atoms with Crippen molar-refractivity contribution in [1.82, 2.24) is 9.13 Å². The fourth-order valence-electron chi connectivity index (χ4n) is 2.43. The van der Waals surface area contributed by atoms with E-state index in [0.717, 1.165) is 15.5 Å². The topological polar surface area (TPSA) is 56.0 Å². The van der Waals surface area contributed by atoms with E-state index < -0.39 is 0 Å². The molecule has 1 N–H and O–H groups in total. The number of fused-ring (bicyclic) bond motifs is 1. The number of carbonyl (C=O) groups excluding carboxylic acids is 1. The van der Waals surface area contributed by atoms with Gasteiger partial charge in [-0.25, -0.2) is 4.79 Å². The van der Waals surface area contributed by atoms with Crippen LogP contribution in [0.4, 0.5) is 5.69 Å². The van der Waals surface area contributed by atoms with Gasteiger partial charge in [0.15, 0.2) is 0 Å². The molecule has 0 atom stereocenters. The number of aromatic nitrogens is 2. The Hall–Kier alpha value is -2.34. The minimum absolute atomic E-state index is 0.0211. The molecule has 6 heteroatoms. The molecular formula is C16H14BrN3O2. The van der Waals surface area contributed by atoms with Crippen molar-refractivity contribution < 1.29 is 4.79 Å². The van der Waals surface area contributed by atoms with Crippen molar-refractivity contribution in [2.24, 2.45) is 7.05 Å². The van der Waals surface area contributed by atoms with E-state index in [1.165, 1.54) is 4.57 Å². The average Bonchev–Trinajstić information content (AvgIpc) is 2.73. The Kier molecular flexibility index (Phi) is 3.85. The summed E-state index contributed by atoms with van der Waals surface area (Å²) in [5.41, 5.74) is 2.04. The number of para-hydroxylation sites is 2. The summed E-state index contributed by atoms with van der Waals surface area (Å²) < 4.78 is 3.90. The maximum Gasteiger partial charge on any atom is 0.329 e. The molecule has 5 nitrogen and oxygen atoms in total. The zero-order valence-electron chi connectivity index (χ0n) is 11.9.